The molecule has 0 aromatic heterocycles. The molecular formula is C18H18O3. The van der Waals surface area contributed by atoms with Gasteiger partial charge in [-0.3, -0.25) is 0 Å². The van der Waals surface area contributed by atoms with Gasteiger partial charge in [0, 0.05) is 18.2 Å². The van der Waals surface area contributed by atoms with Crippen LogP contribution in [0.25, 0.3) is 0 Å². The van der Waals surface area contributed by atoms with Gasteiger partial charge in [-0.2, -0.15) is 0 Å². The molecule has 0 radical (unpaired) electrons. The van der Waals surface area contributed by atoms with Gasteiger partial charge in [0.25, 0.3) is 5.79 Å². The van der Waals surface area contributed by atoms with E-state index in [-0.39, 0.29) is 5.97 Å². The number of hydrogen-bond donors (Lipinski definition) is 0. The van der Waals surface area contributed by atoms with Crippen molar-refractivity contribution in [3.8, 4) is 0 Å². The minimum Gasteiger partial charge on any atom is -0.420 e. The highest BCUT2D eigenvalue weighted by molar-refractivity contribution is 5.95. The zero-order valence-corrected chi connectivity index (χ0v) is 12.7. The fraction of sp³-hybridized carbons (Fsp3) is 0.278. The number of aryl methyl sites for hydroxylation is 3. The topological polar surface area (TPSA) is 35.5 Å². The molecule has 108 valence electrons. The molecule has 1 heterocycles. The fourth-order valence-electron chi connectivity index (χ4n) is 3.14. The Kier molecular flexibility index (Phi) is 3.10. The molecule has 0 amide bonds. The van der Waals surface area contributed by atoms with Crippen LogP contribution >= 0.6 is 0 Å². The molecule has 0 spiro atoms. The second kappa shape index (κ2) is 4.71. The van der Waals surface area contributed by atoms with E-state index in [2.05, 4.69) is 6.07 Å². The Morgan fingerprint density at radius 2 is 1.81 bits per heavy atom. The maximum atomic E-state index is 12.2. The van der Waals surface area contributed by atoms with E-state index in [0.717, 1.165) is 27.8 Å². The summed E-state index contributed by atoms with van der Waals surface area (Å²) in [6, 6.07) is 11.7. The van der Waals surface area contributed by atoms with Crippen LogP contribution in [0.3, 0.4) is 0 Å². The zero-order chi connectivity index (χ0) is 15.2. The van der Waals surface area contributed by atoms with E-state index >= 15 is 0 Å². The molecule has 1 aliphatic heterocycles. The predicted molar refractivity (Wildman–Crippen MR) is 80.3 cm³/mol. The van der Waals surface area contributed by atoms with E-state index in [1.165, 1.54) is 0 Å². The summed E-state index contributed by atoms with van der Waals surface area (Å²) in [5, 5.41) is 0. The molecule has 0 saturated heterocycles. The molecule has 2 aromatic rings. The molecular weight excluding hydrogens is 264 g/mol. The van der Waals surface area contributed by atoms with E-state index in [4.69, 9.17) is 9.47 Å². The average Bonchev–Trinajstić information content (AvgIpc) is 2.74. The van der Waals surface area contributed by atoms with Crippen molar-refractivity contribution in [1.29, 1.82) is 0 Å². The molecule has 0 bridgehead atoms. The summed E-state index contributed by atoms with van der Waals surface area (Å²) >= 11 is 0. The first kappa shape index (κ1) is 13.8. The van der Waals surface area contributed by atoms with Gasteiger partial charge in [0.1, 0.15) is 0 Å². The molecule has 2 aromatic carbocycles. The van der Waals surface area contributed by atoms with Crippen molar-refractivity contribution in [2.45, 2.75) is 26.6 Å². The van der Waals surface area contributed by atoms with Gasteiger partial charge in [0.2, 0.25) is 0 Å². The van der Waals surface area contributed by atoms with Crippen molar-refractivity contribution in [2.75, 3.05) is 7.11 Å². The number of methoxy groups -OCH3 is 1. The Bertz CT molecular complexity index is 733. The summed E-state index contributed by atoms with van der Waals surface area (Å²) in [6.07, 6.45) is 0. The molecule has 1 aliphatic rings. The van der Waals surface area contributed by atoms with E-state index in [9.17, 15) is 4.79 Å². The number of rotatable bonds is 2. The number of fused-ring (bicyclic) bond motifs is 1. The minimum atomic E-state index is -1.14. The van der Waals surface area contributed by atoms with Crippen LogP contribution in [0.5, 0.6) is 0 Å². The SMILES string of the molecule is COC1(c2ccc(C)cc2C)OC(=O)c2cccc(C)c21. The molecule has 3 nitrogen and oxygen atoms in total. The lowest BCUT2D eigenvalue weighted by atomic mass is 9.89. The number of ether oxygens (including phenoxy) is 2. The smallest absolute Gasteiger partial charge is 0.341 e. The standard InChI is InChI=1S/C18H18O3/c1-11-8-9-15(13(3)10-11)18(20-4)16-12(2)6-5-7-14(16)17(19)21-18/h5-10H,1-4H3. The summed E-state index contributed by atoms with van der Waals surface area (Å²) in [6.45, 7) is 6.02. The number of cyclic esters (lactones) is 1. The van der Waals surface area contributed by atoms with Crippen molar-refractivity contribution >= 4 is 5.97 Å². The molecule has 21 heavy (non-hydrogen) atoms. The van der Waals surface area contributed by atoms with Crippen molar-refractivity contribution in [2.24, 2.45) is 0 Å². The van der Waals surface area contributed by atoms with Crippen LogP contribution in [0.4, 0.5) is 0 Å². The zero-order valence-electron chi connectivity index (χ0n) is 12.7. The highest BCUT2D eigenvalue weighted by Gasteiger charge is 2.49. The van der Waals surface area contributed by atoms with Gasteiger partial charge < -0.3 is 9.47 Å². The van der Waals surface area contributed by atoms with E-state index in [0.29, 0.717) is 5.56 Å². The first-order chi connectivity index (χ1) is 9.99. The summed E-state index contributed by atoms with van der Waals surface area (Å²) in [5.74, 6) is -1.48. The molecule has 0 aliphatic carbocycles. The van der Waals surface area contributed by atoms with Crippen LogP contribution < -0.4 is 0 Å². The Labute approximate surface area is 124 Å². The second-order valence-electron chi connectivity index (χ2n) is 5.53. The number of carbonyl (C=O) groups is 1. The van der Waals surface area contributed by atoms with Crippen LogP contribution in [-0.2, 0) is 15.3 Å². The summed E-state index contributed by atoms with van der Waals surface area (Å²) in [5.41, 5.74) is 5.45. The van der Waals surface area contributed by atoms with Crippen LogP contribution in [0.15, 0.2) is 36.4 Å². The maximum absolute atomic E-state index is 12.2. The van der Waals surface area contributed by atoms with Crippen molar-refractivity contribution in [3.63, 3.8) is 0 Å². The van der Waals surface area contributed by atoms with Gasteiger partial charge in [-0.25, -0.2) is 4.79 Å². The van der Waals surface area contributed by atoms with Crippen molar-refractivity contribution in [3.05, 3.63) is 69.8 Å². The van der Waals surface area contributed by atoms with Crippen molar-refractivity contribution < 1.29 is 14.3 Å². The third-order valence-electron chi connectivity index (χ3n) is 4.08. The van der Waals surface area contributed by atoms with Crippen molar-refractivity contribution in [1.82, 2.24) is 0 Å². The Morgan fingerprint density at radius 1 is 1.05 bits per heavy atom. The summed E-state index contributed by atoms with van der Waals surface area (Å²) in [7, 11) is 1.58. The molecule has 0 N–H and O–H groups in total. The van der Waals surface area contributed by atoms with E-state index in [1.807, 2.05) is 45.0 Å². The lowest BCUT2D eigenvalue weighted by Gasteiger charge is -2.30. The third-order valence-corrected chi connectivity index (χ3v) is 4.08. The van der Waals surface area contributed by atoms with Gasteiger partial charge in [0.15, 0.2) is 0 Å². The first-order valence-corrected chi connectivity index (χ1v) is 6.96. The van der Waals surface area contributed by atoms with Crippen LogP contribution in [0, 0.1) is 20.8 Å². The molecule has 0 fully saturated rings. The maximum Gasteiger partial charge on any atom is 0.341 e. The van der Waals surface area contributed by atoms with E-state index in [1.54, 1.807) is 13.2 Å². The predicted octanol–water partition coefficient (Wildman–Crippen LogP) is 3.63. The van der Waals surface area contributed by atoms with Gasteiger partial charge in [-0.1, -0.05) is 35.9 Å². The first-order valence-electron chi connectivity index (χ1n) is 6.96. The lowest BCUT2D eigenvalue weighted by molar-refractivity contribution is -0.155. The van der Waals surface area contributed by atoms with Gasteiger partial charge in [-0.15, -0.1) is 0 Å². The second-order valence-corrected chi connectivity index (χ2v) is 5.53. The summed E-state index contributed by atoms with van der Waals surface area (Å²) < 4.78 is 11.4. The lowest BCUT2D eigenvalue weighted by Crippen LogP contribution is -2.31. The quantitative estimate of drug-likeness (QED) is 0.789. The minimum absolute atomic E-state index is 0.337. The number of benzene rings is 2. The third kappa shape index (κ3) is 1.88. The van der Waals surface area contributed by atoms with Crippen LogP contribution in [0.1, 0.15) is 38.2 Å². The summed E-state index contributed by atoms with van der Waals surface area (Å²) in [4.78, 5) is 12.2. The van der Waals surface area contributed by atoms with Crippen LogP contribution in [0.2, 0.25) is 0 Å². The number of carbonyl (C=O) groups excluding carboxylic acids is 1. The number of hydrogen-bond acceptors (Lipinski definition) is 3. The van der Waals surface area contributed by atoms with Gasteiger partial charge >= 0.3 is 5.97 Å². The highest BCUT2D eigenvalue weighted by Crippen LogP contribution is 2.45. The monoisotopic (exact) mass is 282 g/mol. The highest BCUT2D eigenvalue weighted by atomic mass is 16.7. The van der Waals surface area contributed by atoms with E-state index < -0.39 is 5.79 Å². The molecule has 0 saturated carbocycles. The van der Waals surface area contributed by atoms with Gasteiger partial charge in [-0.05, 0) is 38.0 Å². The fourth-order valence-corrected chi connectivity index (χ4v) is 3.14. The molecule has 3 heteroatoms. The van der Waals surface area contributed by atoms with Crippen LogP contribution in [-0.4, -0.2) is 13.1 Å². The Morgan fingerprint density at radius 3 is 2.48 bits per heavy atom. The Hall–Kier alpha value is -2.13. The molecule has 3 rings (SSSR count). The molecule has 1 atom stereocenters. The normalized spacial score (nSPS) is 20.3. The average molecular weight is 282 g/mol. The number of esters is 1. The largest absolute Gasteiger partial charge is 0.420 e. The van der Waals surface area contributed by atoms with Gasteiger partial charge in [0.05, 0.1) is 5.56 Å². The molecule has 1 unspecified atom stereocenters. The Balaban J connectivity index is 2.31.